The van der Waals surface area contributed by atoms with Crippen LogP contribution in [0.5, 0.6) is 0 Å². The molecule has 0 amide bonds. The van der Waals surface area contributed by atoms with Crippen LogP contribution in [-0.4, -0.2) is 20.6 Å². The first-order chi connectivity index (χ1) is 16.9. The molecule has 0 aliphatic carbocycles. The van der Waals surface area contributed by atoms with E-state index in [1.54, 1.807) is 6.08 Å². The van der Waals surface area contributed by atoms with Gasteiger partial charge in [-0.1, -0.05) is 86.0 Å². The molecule has 3 nitrogen and oxygen atoms in total. The molecule has 1 aliphatic rings. The first kappa shape index (κ1) is 28.3. The van der Waals surface area contributed by atoms with Crippen molar-refractivity contribution >= 4 is 21.9 Å². The summed E-state index contributed by atoms with van der Waals surface area (Å²) < 4.78 is 0. The van der Waals surface area contributed by atoms with Gasteiger partial charge in [0, 0.05) is 30.6 Å². The molecule has 186 valence electrons. The lowest BCUT2D eigenvalue weighted by molar-refractivity contribution is 0.654. The van der Waals surface area contributed by atoms with Crippen molar-refractivity contribution in [1.29, 1.82) is 0 Å². The number of benzene rings is 2. The lowest BCUT2D eigenvalue weighted by Crippen LogP contribution is -2.22. The number of anilines is 1. The van der Waals surface area contributed by atoms with Crippen molar-refractivity contribution in [2.45, 2.75) is 39.8 Å². The first-order valence-electron chi connectivity index (χ1n) is 12.1. The summed E-state index contributed by atoms with van der Waals surface area (Å²) in [7, 11) is 3.95. The molecule has 0 bridgehead atoms. The molecular formula is C31H41N3S. The Labute approximate surface area is 216 Å². The average molecular weight is 488 g/mol. The van der Waals surface area contributed by atoms with Crippen molar-refractivity contribution in [1.82, 2.24) is 10.6 Å². The summed E-state index contributed by atoms with van der Waals surface area (Å²) in [6, 6.07) is 19.4. The van der Waals surface area contributed by atoms with Gasteiger partial charge >= 0.3 is 0 Å². The summed E-state index contributed by atoms with van der Waals surface area (Å²) in [5.74, 6) is 0. The number of hydrogen-bond acceptors (Lipinski definition) is 4. The molecule has 35 heavy (non-hydrogen) atoms. The van der Waals surface area contributed by atoms with Gasteiger partial charge in [0.25, 0.3) is 0 Å². The zero-order valence-corrected chi connectivity index (χ0v) is 22.7. The van der Waals surface area contributed by atoms with E-state index in [0.29, 0.717) is 0 Å². The fraction of sp³-hybridized carbons (Fsp3) is 0.290. The molecule has 4 rings (SSSR count). The third-order valence-electron chi connectivity index (χ3n) is 5.59. The highest BCUT2D eigenvalue weighted by Gasteiger charge is 2.19. The lowest BCUT2D eigenvalue weighted by Gasteiger charge is -2.14. The highest BCUT2D eigenvalue weighted by Crippen LogP contribution is 2.38. The Bertz CT molecular complexity index is 1080. The topological polar surface area (TPSA) is 36.1 Å². The van der Waals surface area contributed by atoms with Crippen molar-refractivity contribution in [3.8, 4) is 0 Å². The second-order valence-corrected chi connectivity index (χ2v) is 9.83. The summed E-state index contributed by atoms with van der Waals surface area (Å²) in [6.07, 6.45) is 3.87. The Hall–Kier alpha value is -2.92. The standard InChI is InChI=1S/C15H17N.C11H16N2S.C5H8/c1-16-12-15-9-7-14(8-10-15)11-13-5-3-2-4-6-13;1-7(2)10-8-4-5-13-6-9(8)14-11(10)12-3;1-4-5(2)3/h2-10,16H,11-12H2,1H3;12-13H,1,4-6H2,2-3H3;4H,1-2H2,3H3. The van der Waals surface area contributed by atoms with Gasteiger partial charge in [-0.15, -0.1) is 11.3 Å². The number of thiophene rings is 1. The zero-order chi connectivity index (χ0) is 25.6. The molecular weight excluding hydrogens is 446 g/mol. The van der Waals surface area contributed by atoms with E-state index in [1.165, 1.54) is 43.3 Å². The Kier molecular flexibility index (Phi) is 12.3. The van der Waals surface area contributed by atoms with Crippen LogP contribution in [0.2, 0.25) is 0 Å². The molecule has 4 heteroatoms. The Morgan fingerprint density at radius 1 is 0.971 bits per heavy atom. The summed E-state index contributed by atoms with van der Waals surface area (Å²) in [5, 5.41) is 11.1. The molecule has 3 N–H and O–H groups in total. The van der Waals surface area contributed by atoms with Crippen molar-refractivity contribution in [2.75, 3.05) is 26.0 Å². The number of nitrogens with one attached hydrogen (secondary N) is 3. The van der Waals surface area contributed by atoms with Crippen molar-refractivity contribution < 1.29 is 0 Å². The number of hydrogen-bond donors (Lipinski definition) is 3. The third-order valence-corrected chi connectivity index (χ3v) is 6.83. The molecule has 1 aliphatic heterocycles. The Morgan fingerprint density at radius 3 is 2.11 bits per heavy atom. The van der Waals surface area contributed by atoms with Crippen LogP contribution in [0.25, 0.3) is 5.57 Å². The summed E-state index contributed by atoms with van der Waals surface area (Å²) in [5.41, 5.74) is 9.12. The zero-order valence-electron chi connectivity index (χ0n) is 21.8. The van der Waals surface area contributed by atoms with E-state index < -0.39 is 0 Å². The minimum atomic E-state index is 0.936. The average Bonchev–Trinajstić information content (AvgIpc) is 3.26. The van der Waals surface area contributed by atoms with Crippen LogP contribution >= 0.6 is 11.3 Å². The predicted octanol–water partition coefficient (Wildman–Crippen LogP) is 7.21. The summed E-state index contributed by atoms with van der Waals surface area (Å²) in [4.78, 5) is 1.47. The molecule has 0 saturated heterocycles. The number of allylic oxidation sites excluding steroid dienone is 3. The summed E-state index contributed by atoms with van der Waals surface area (Å²) in [6.45, 7) is 18.1. The largest absolute Gasteiger partial charge is 0.379 e. The van der Waals surface area contributed by atoms with Gasteiger partial charge in [-0.25, -0.2) is 0 Å². The van der Waals surface area contributed by atoms with E-state index >= 15 is 0 Å². The van der Waals surface area contributed by atoms with Crippen LogP contribution in [0.1, 0.15) is 46.5 Å². The quantitative estimate of drug-likeness (QED) is 0.308. The van der Waals surface area contributed by atoms with Gasteiger partial charge in [0.2, 0.25) is 0 Å². The second kappa shape index (κ2) is 15.2. The maximum Gasteiger partial charge on any atom is 0.0962 e. The first-order valence-corrected chi connectivity index (χ1v) is 12.9. The second-order valence-electron chi connectivity index (χ2n) is 8.72. The van der Waals surface area contributed by atoms with E-state index in [1.807, 2.05) is 32.4 Å². The van der Waals surface area contributed by atoms with E-state index in [9.17, 15) is 0 Å². The monoisotopic (exact) mass is 487 g/mol. The fourth-order valence-electron chi connectivity index (χ4n) is 3.77. The molecule has 3 aromatic rings. The van der Waals surface area contributed by atoms with Gasteiger partial charge in [-0.2, -0.15) is 0 Å². The summed E-state index contributed by atoms with van der Waals surface area (Å²) >= 11 is 1.86. The number of fused-ring (bicyclic) bond motifs is 1. The molecule has 1 aromatic heterocycles. The Morgan fingerprint density at radius 2 is 1.57 bits per heavy atom. The van der Waals surface area contributed by atoms with Crippen molar-refractivity contribution in [3.05, 3.63) is 119 Å². The van der Waals surface area contributed by atoms with E-state index in [0.717, 1.165) is 38.0 Å². The molecule has 0 saturated carbocycles. The molecule has 0 unspecified atom stereocenters. The van der Waals surface area contributed by atoms with Crippen molar-refractivity contribution in [2.24, 2.45) is 0 Å². The fourth-order valence-corrected chi connectivity index (χ4v) is 5.02. The molecule has 0 radical (unpaired) electrons. The van der Waals surface area contributed by atoms with Gasteiger partial charge in [-0.05, 0) is 68.1 Å². The highest BCUT2D eigenvalue weighted by atomic mass is 32.1. The predicted molar refractivity (Wildman–Crippen MR) is 157 cm³/mol. The lowest BCUT2D eigenvalue weighted by atomic mass is 10.00. The smallest absolute Gasteiger partial charge is 0.0962 e. The Balaban J connectivity index is 0.000000209. The molecule has 2 aromatic carbocycles. The van der Waals surface area contributed by atoms with Gasteiger partial charge in [-0.3, -0.25) is 0 Å². The van der Waals surface area contributed by atoms with Crippen LogP contribution in [0.15, 0.2) is 86.0 Å². The maximum atomic E-state index is 4.06. The van der Waals surface area contributed by atoms with Crippen LogP contribution < -0.4 is 16.0 Å². The SMILES string of the molecule is C=C(C)c1c(NC)sc2c1CCNC2.C=CC(=C)C.CNCc1ccc(Cc2ccccc2)cc1. The minimum Gasteiger partial charge on any atom is -0.379 e. The molecule has 0 atom stereocenters. The van der Waals surface area contributed by atoms with Gasteiger partial charge < -0.3 is 16.0 Å². The van der Waals surface area contributed by atoms with Crippen LogP contribution in [0.3, 0.4) is 0 Å². The van der Waals surface area contributed by atoms with Crippen LogP contribution in [0, 0.1) is 0 Å². The van der Waals surface area contributed by atoms with E-state index in [4.69, 9.17) is 0 Å². The molecule has 0 fully saturated rings. The van der Waals surface area contributed by atoms with Crippen molar-refractivity contribution in [3.63, 3.8) is 0 Å². The van der Waals surface area contributed by atoms with Gasteiger partial charge in [0.1, 0.15) is 0 Å². The van der Waals surface area contributed by atoms with Crippen LogP contribution in [-0.2, 0) is 25.9 Å². The van der Waals surface area contributed by atoms with Crippen LogP contribution in [0.4, 0.5) is 5.00 Å². The normalized spacial score (nSPS) is 11.7. The van der Waals surface area contributed by atoms with Gasteiger partial charge in [0.15, 0.2) is 0 Å². The van der Waals surface area contributed by atoms with E-state index in [-0.39, 0.29) is 0 Å². The maximum absolute atomic E-state index is 4.06. The number of rotatable bonds is 7. The molecule has 0 spiro atoms. The highest BCUT2D eigenvalue weighted by molar-refractivity contribution is 7.16. The third kappa shape index (κ3) is 9.33. The molecule has 2 heterocycles. The minimum absolute atomic E-state index is 0.936. The van der Waals surface area contributed by atoms with E-state index in [2.05, 4.69) is 97.2 Å². The van der Waals surface area contributed by atoms with Gasteiger partial charge in [0.05, 0.1) is 5.00 Å².